The lowest BCUT2D eigenvalue weighted by Crippen LogP contribution is -2.28. The zero-order valence-corrected chi connectivity index (χ0v) is 15.5. The summed E-state index contributed by atoms with van der Waals surface area (Å²) in [7, 11) is -3.63. The van der Waals surface area contributed by atoms with Gasteiger partial charge in [-0.2, -0.15) is 4.31 Å². The van der Waals surface area contributed by atoms with Crippen LogP contribution in [0.15, 0.2) is 46.0 Å². The molecule has 0 bridgehead atoms. The number of halogens is 1. The van der Waals surface area contributed by atoms with Crippen LogP contribution in [0.3, 0.4) is 0 Å². The number of aromatic hydroxyl groups is 1. The van der Waals surface area contributed by atoms with Crippen LogP contribution in [0.2, 0.25) is 0 Å². The maximum absolute atomic E-state index is 12.6. The van der Waals surface area contributed by atoms with Crippen LogP contribution in [-0.2, 0) is 10.0 Å². The van der Waals surface area contributed by atoms with E-state index in [1.807, 2.05) is 0 Å². The monoisotopic (exact) mass is 425 g/mol. The Kier molecular flexibility index (Phi) is 5.07. The number of anilines is 1. The van der Waals surface area contributed by atoms with E-state index in [1.165, 1.54) is 34.9 Å². The number of aromatic nitrogens is 1. The van der Waals surface area contributed by atoms with E-state index >= 15 is 0 Å². The summed E-state index contributed by atoms with van der Waals surface area (Å²) in [6, 6.07) is 5.44. The van der Waals surface area contributed by atoms with Gasteiger partial charge in [-0.05, 0) is 53.0 Å². The lowest BCUT2D eigenvalue weighted by Gasteiger charge is -2.16. The van der Waals surface area contributed by atoms with E-state index in [4.69, 9.17) is 0 Å². The van der Waals surface area contributed by atoms with Crippen LogP contribution in [-0.4, -0.2) is 41.8 Å². The Hall–Kier alpha value is -1.97. The molecule has 0 spiro atoms. The summed E-state index contributed by atoms with van der Waals surface area (Å²) in [5.41, 5.74) is 0.312. The molecule has 3 rings (SSSR count). The highest BCUT2D eigenvalue weighted by Crippen LogP contribution is 2.29. The second kappa shape index (κ2) is 7.11. The number of nitrogens with one attached hydrogen (secondary N) is 1. The summed E-state index contributed by atoms with van der Waals surface area (Å²) in [4.78, 5) is 16.2. The van der Waals surface area contributed by atoms with Crippen molar-refractivity contribution in [2.45, 2.75) is 17.7 Å². The van der Waals surface area contributed by atoms with Crippen molar-refractivity contribution in [1.29, 1.82) is 0 Å². The first-order valence-electron chi connectivity index (χ1n) is 7.63. The number of amides is 1. The van der Waals surface area contributed by atoms with Crippen molar-refractivity contribution >= 4 is 37.5 Å². The van der Waals surface area contributed by atoms with Gasteiger partial charge >= 0.3 is 0 Å². The summed E-state index contributed by atoms with van der Waals surface area (Å²) in [6.45, 7) is 0.962. The first-order chi connectivity index (χ1) is 11.9. The number of sulfonamides is 1. The molecular weight excluding hydrogens is 410 g/mol. The Morgan fingerprint density at radius 2 is 1.92 bits per heavy atom. The third-order valence-corrected chi connectivity index (χ3v) is 6.21. The van der Waals surface area contributed by atoms with Crippen molar-refractivity contribution < 1.29 is 18.3 Å². The molecular formula is C16H16BrN3O4S. The fraction of sp³-hybridized carbons (Fsp3) is 0.250. The number of carbonyl (C=O) groups excluding carboxylic acids is 1. The number of hydrogen-bond acceptors (Lipinski definition) is 5. The maximum Gasteiger partial charge on any atom is 0.257 e. The summed E-state index contributed by atoms with van der Waals surface area (Å²) < 4.78 is 27.3. The number of phenolic OH excluding ortho intramolecular Hbond substituents is 1. The van der Waals surface area contributed by atoms with E-state index < -0.39 is 15.9 Å². The summed E-state index contributed by atoms with van der Waals surface area (Å²) in [5.74, 6) is -0.712. The van der Waals surface area contributed by atoms with Gasteiger partial charge in [-0.3, -0.25) is 9.78 Å². The van der Waals surface area contributed by atoms with Gasteiger partial charge in [0.15, 0.2) is 0 Å². The van der Waals surface area contributed by atoms with Crippen LogP contribution in [0.5, 0.6) is 5.75 Å². The van der Waals surface area contributed by atoms with Crippen LogP contribution in [0.25, 0.3) is 0 Å². The molecule has 25 heavy (non-hydrogen) atoms. The minimum absolute atomic E-state index is 0.0326. The molecule has 2 heterocycles. The molecule has 1 aliphatic heterocycles. The zero-order valence-electron chi connectivity index (χ0n) is 13.1. The molecule has 132 valence electrons. The third kappa shape index (κ3) is 3.83. The van der Waals surface area contributed by atoms with Crippen molar-refractivity contribution in [1.82, 2.24) is 9.29 Å². The molecule has 2 N–H and O–H groups in total. The Labute approximate surface area is 153 Å². The summed E-state index contributed by atoms with van der Waals surface area (Å²) >= 11 is 3.23. The second-order valence-electron chi connectivity index (χ2n) is 5.64. The maximum atomic E-state index is 12.6. The van der Waals surface area contributed by atoms with Crippen LogP contribution in [0, 0.1) is 0 Å². The van der Waals surface area contributed by atoms with Crippen LogP contribution in [0.1, 0.15) is 23.2 Å². The molecule has 7 nitrogen and oxygen atoms in total. The topological polar surface area (TPSA) is 99.6 Å². The minimum Gasteiger partial charge on any atom is -0.506 e. The second-order valence-corrected chi connectivity index (χ2v) is 8.49. The lowest BCUT2D eigenvalue weighted by atomic mass is 10.2. The van der Waals surface area contributed by atoms with Gasteiger partial charge in [-0.25, -0.2) is 8.42 Å². The molecule has 1 aliphatic rings. The zero-order chi connectivity index (χ0) is 18.0. The van der Waals surface area contributed by atoms with E-state index in [1.54, 1.807) is 6.07 Å². The van der Waals surface area contributed by atoms with E-state index in [0.29, 0.717) is 17.6 Å². The fourth-order valence-electron chi connectivity index (χ4n) is 2.58. The van der Waals surface area contributed by atoms with Crippen molar-refractivity contribution in [2.24, 2.45) is 0 Å². The van der Waals surface area contributed by atoms with Gasteiger partial charge in [0.05, 0.1) is 16.1 Å². The molecule has 1 aromatic heterocycles. The number of phenols is 1. The molecule has 1 aromatic carbocycles. The average Bonchev–Trinajstić information content (AvgIpc) is 3.12. The number of rotatable bonds is 4. The van der Waals surface area contributed by atoms with Gasteiger partial charge in [0.2, 0.25) is 10.0 Å². The molecule has 0 atom stereocenters. The molecule has 1 fully saturated rings. The van der Waals surface area contributed by atoms with Crippen molar-refractivity contribution in [2.75, 3.05) is 18.4 Å². The van der Waals surface area contributed by atoms with Crippen LogP contribution >= 0.6 is 15.9 Å². The van der Waals surface area contributed by atoms with Gasteiger partial charge in [0.1, 0.15) is 5.75 Å². The lowest BCUT2D eigenvalue weighted by molar-refractivity contribution is 0.102. The molecule has 0 aliphatic carbocycles. The highest BCUT2D eigenvalue weighted by atomic mass is 79.9. The normalized spacial score (nSPS) is 15.2. The Morgan fingerprint density at radius 1 is 1.20 bits per heavy atom. The van der Waals surface area contributed by atoms with E-state index in [0.717, 1.165) is 12.8 Å². The number of pyridine rings is 1. The molecule has 0 unspecified atom stereocenters. The van der Waals surface area contributed by atoms with Crippen molar-refractivity contribution in [3.63, 3.8) is 0 Å². The predicted molar refractivity (Wildman–Crippen MR) is 96.0 cm³/mol. The average molecular weight is 426 g/mol. The van der Waals surface area contributed by atoms with Crippen LogP contribution in [0.4, 0.5) is 5.69 Å². The molecule has 0 radical (unpaired) electrons. The Balaban J connectivity index is 1.88. The number of benzene rings is 1. The van der Waals surface area contributed by atoms with E-state index in [2.05, 4.69) is 26.2 Å². The summed E-state index contributed by atoms with van der Waals surface area (Å²) in [6.07, 6.45) is 4.58. The quantitative estimate of drug-likeness (QED) is 0.733. The van der Waals surface area contributed by atoms with Gasteiger partial charge in [0.25, 0.3) is 5.91 Å². The van der Waals surface area contributed by atoms with Gasteiger partial charge in [-0.1, -0.05) is 0 Å². The molecule has 2 aromatic rings. The third-order valence-electron chi connectivity index (χ3n) is 3.89. The number of carbonyl (C=O) groups is 1. The van der Waals surface area contributed by atoms with Crippen molar-refractivity contribution in [3.8, 4) is 5.75 Å². The number of nitrogens with zero attached hydrogens (tertiary/aromatic N) is 2. The van der Waals surface area contributed by atoms with E-state index in [-0.39, 0.29) is 21.9 Å². The first kappa shape index (κ1) is 17.8. The predicted octanol–water partition coefficient (Wildman–Crippen LogP) is 2.59. The van der Waals surface area contributed by atoms with Gasteiger partial charge in [-0.15, -0.1) is 0 Å². The summed E-state index contributed by atoms with van der Waals surface area (Å²) in [5, 5.41) is 12.5. The van der Waals surface area contributed by atoms with Gasteiger partial charge < -0.3 is 10.4 Å². The number of hydrogen-bond donors (Lipinski definition) is 2. The standard InChI is InChI=1S/C16H16BrN3O4S/c17-12-7-11(9-18-10-12)16(22)19-14-8-13(3-4-15(14)21)25(23,24)20-5-1-2-6-20/h3-4,7-10,21H,1-2,5-6H2,(H,19,22). The largest absolute Gasteiger partial charge is 0.506 e. The van der Waals surface area contributed by atoms with Crippen molar-refractivity contribution in [3.05, 3.63) is 46.7 Å². The molecule has 0 saturated carbocycles. The smallest absolute Gasteiger partial charge is 0.257 e. The highest BCUT2D eigenvalue weighted by Gasteiger charge is 2.28. The first-order valence-corrected chi connectivity index (χ1v) is 9.86. The Morgan fingerprint density at radius 3 is 2.60 bits per heavy atom. The molecule has 1 saturated heterocycles. The fourth-order valence-corrected chi connectivity index (χ4v) is 4.49. The van der Waals surface area contributed by atoms with E-state index in [9.17, 15) is 18.3 Å². The van der Waals surface area contributed by atoms with Crippen LogP contribution < -0.4 is 5.32 Å². The SMILES string of the molecule is O=C(Nc1cc(S(=O)(=O)N2CCCC2)ccc1O)c1cncc(Br)c1. The molecule has 1 amide bonds. The van der Waals surface area contributed by atoms with Gasteiger partial charge in [0, 0.05) is 30.0 Å². The molecule has 9 heteroatoms. The minimum atomic E-state index is -3.63. The highest BCUT2D eigenvalue weighted by molar-refractivity contribution is 9.10. The Bertz CT molecular complexity index is 911.